The van der Waals surface area contributed by atoms with Crippen molar-refractivity contribution in [2.24, 2.45) is 0 Å². The third-order valence-corrected chi connectivity index (χ3v) is 3.83. The van der Waals surface area contributed by atoms with Crippen LogP contribution in [-0.2, 0) is 0 Å². The molecule has 0 saturated heterocycles. The van der Waals surface area contributed by atoms with E-state index in [1.807, 2.05) is 18.2 Å². The fourth-order valence-electron chi connectivity index (χ4n) is 1.96. The largest absolute Gasteiger partial charge is 0.337 e. The molecule has 0 atom stereocenters. The van der Waals surface area contributed by atoms with Crippen LogP contribution in [-0.4, -0.2) is 15.9 Å². The van der Waals surface area contributed by atoms with Crippen LogP contribution in [0.2, 0.25) is 0 Å². The summed E-state index contributed by atoms with van der Waals surface area (Å²) in [5.41, 5.74) is 1.08. The molecule has 7 heteroatoms. The zero-order valence-electron chi connectivity index (χ0n) is 12.3. The Hall–Kier alpha value is -2.80. The molecule has 24 heavy (non-hydrogen) atoms. The number of benzene rings is 2. The third-order valence-electron chi connectivity index (χ3n) is 3.14. The standard InChI is InChI=1S/C17H12BrFN4O/c18-11-5-1-3-7-13(11)23-17(24)15-9-21-16(10-20-15)22-14-8-4-2-6-12(14)19/h1-10H,(H,21,22)(H,23,24). The van der Waals surface area contributed by atoms with Gasteiger partial charge in [0.05, 0.1) is 23.8 Å². The predicted molar refractivity (Wildman–Crippen MR) is 93.8 cm³/mol. The Morgan fingerprint density at radius 3 is 2.33 bits per heavy atom. The van der Waals surface area contributed by atoms with Crippen molar-refractivity contribution < 1.29 is 9.18 Å². The summed E-state index contributed by atoms with van der Waals surface area (Å²) < 4.78 is 14.4. The average Bonchev–Trinajstić information content (AvgIpc) is 2.59. The number of hydrogen-bond donors (Lipinski definition) is 2. The van der Waals surface area contributed by atoms with Gasteiger partial charge < -0.3 is 10.6 Å². The highest BCUT2D eigenvalue weighted by Crippen LogP contribution is 2.22. The van der Waals surface area contributed by atoms with Gasteiger partial charge in [0.15, 0.2) is 0 Å². The molecule has 0 radical (unpaired) electrons. The van der Waals surface area contributed by atoms with Crippen molar-refractivity contribution in [2.45, 2.75) is 0 Å². The number of anilines is 3. The van der Waals surface area contributed by atoms with Crippen molar-refractivity contribution >= 4 is 39.0 Å². The van der Waals surface area contributed by atoms with Gasteiger partial charge in [-0.05, 0) is 40.2 Å². The molecule has 3 aromatic rings. The monoisotopic (exact) mass is 386 g/mol. The van der Waals surface area contributed by atoms with Gasteiger partial charge in [-0.25, -0.2) is 14.4 Å². The maximum absolute atomic E-state index is 13.6. The fourth-order valence-corrected chi connectivity index (χ4v) is 2.34. The number of para-hydroxylation sites is 2. The molecule has 0 aliphatic heterocycles. The molecule has 0 bridgehead atoms. The highest BCUT2D eigenvalue weighted by molar-refractivity contribution is 9.10. The number of halogens is 2. The molecule has 1 aromatic heterocycles. The van der Waals surface area contributed by atoms with E-state index in [4.69, 9.17) is 0 Å². The molecule has 1 amide bonds. The first-order chi connectivity index (χ1) is 11.6. The van der Waals surface area contributed by atoms with Gasteiger partial charge in [-0.3, -0.25) is 4.79 Å². The van der Waals surface area contributed by atoms with Crippen LogP contribution in [0.25, 0.3) is 0 Å². The van der Waals surface area contributed by atoms with Crippen LogP contribution in [0.15, 0.2) is 65.4 Å². The zero-order valence-corrected chi connectivity index (χ0v) is 13.9. The zero-order chi connectivity index (χ0) is 16.9. The van der Waals surface area contributed by atoms with Crippen molar-refractivity contribution in [2.75, 3.05) is 10.6 Å². The summed E-state index contributed by atoms with van der Waals surface area (Å²) in [6, 6.07) is 13.5. The highest BCUT2D eigenvalue weighted by atomic mass is 79.9. The number of rotatable bonds is 4. The molecule has 0 unspecified atom stereocenters. The lowest BCUT2D eigenvalue weighted by Crippen LogP contribution is -2.14. The van der Waals surface area contributed by atoms with Gasteiger partial charge in [0.2, 0.25) is 0 Å². The number of carbonyl (C=O) groups excluding carboxylic acids is 1. The van der Waals surface area contributed by atoms with Crippen molar-refractivity contribution in [3.05, 3.63) is 76.9 Å². The summed E-state index contributed by atoms with van der Waals surface area (Å²) in [5.74, 6) is -0.431. The van der Waals surface area contributed by atoms with E-state index in [1.165, 1.54) is 18.5 Å². The van der Waals surface area contributed by atoms with Crippen molar-refractivity contribution in [3.63, 3.8) is 0 Å². The molecule has 0 fully saturated rings. The number of carbonyl (C=O) groups is 1. The fraction of sp³-hybridized carbons (Fsp3) is 0. The van der Waals surface area contributed by atoms with Crippen LogP contribution >= 0.6 is 15.9 Å². The van der Waals surface area contributed by atoms with Crippen LogP contribution in [0.5, 0.6) is 0 Å². The van der Waals surface area contributed by atoms with Gasteiger partial charge >= 0.3 is 0 Å². The van der Waals surface area contributed by atoms with E-state index in [-0.39, 0.29) is 17.3 Å². The van der Waals surface area contributed by atoms with E-state index in [0.29, 0.717) is 11.5 Å². The Labute approximate surface area is 146 Å². The minimum absolute atomic E-state index is 0.157. The van der Waals surface area contributed by atoms with E-state index in [0.717, 1.165) is 4.47 Å². The van der Waals surface area contributed by atoms with Gasteiger partial charge in [0.25, 0.3) is 5.91 Å². The van der Waals surface area contributed by atoms with Gasteiger partial charge in [-0.15, -0.1) is 0 Å². The van der Waals surface area contributed by atoms with Crippen molar-refractivity contribution in [1.82, 2.24) is 9.97 Å². The number of nitrogens with one attached hydrogen (secondary N) is 2. The normalized spacial score (nSPS) is 10.2. The van der Waals surface area contributed by atoms with Crippen LogP contribution in [0.3, 0.4) is 0 Å². The summed E-state index contributed by atoms with van der Waals surface area (Å²) in [6.07, 6.45) is 2.71. The molecule has 2 aromatic carbocycles. The Morgan fingerprint density at radius 2 is 1.67 bits per heavy atom. The van der Waals surface area contributed by atoms with Gasteiger partial charge in [0, 0.05) is 4.47 Å². The molecule has 0 aliphatic rings. The second-order valence-corrected chi connectivity index (χ2v) is 5.68. The highest BCUT2D eigenvalue weighted by Gasteiger charge is 2.10. The number of amides is 1. The Morgan fingerprint density at radius 1 is 0.958 bits per heavy atom. The molecule has 5 nitrogen and oxygen atoms in total. The average molecular weight is 387 g/mol. The maximum atomic E-state index is 13.6. The molecule has 1 heterocycles. The summed E-state index contributed by atoms with van der Waals surface area (Å²) >= 11 is 3.36. The molecule has 2 N–H and O–H groups in total. The number of aromatic nitrogens is 2. The molecular formula is C17H12BrFN4O. The second-order valence-electron chi connectivity index (χ2n) is 4.83. The lowest BCUT2D eigenvalue weighted by Gasteiger charge is -2.08. The summed E-state index contributed by atoms with van der Waals surface area (Å²) in [6.45, 7) is 0. The third kappa shape index (κ3) is 3.75. The van der Waals surface area contributed by atoms with E-state index in [1.54, 1.807) is 24.3 Å². The first kappa shape index (κ1) is 16.1. The first-order valence-corrected chi connectivity index (χ1v) is 7.82. The van der Waals surface area contributed by atoms with Crippen LogP contribution in [0, 0.1) is 5.82 Å². The molecule has 0 saturated carbocycles. The Balaban J connectivity index is 1.71. The molecular weight excluding hydrogens is 375 g/mol. The summed E-state index contributed by atoms with van der Waals surface area (Å²) in [5, 5.41) is 5.55. The first-order valence-electron chi connectivity index (χ1n) is 7.03. The van der Waals surface area contributed by atoms with Gasteiger partial charge in [0.1, 0.15) is 17.3 Å². The number of hydrogen-bond acceptors (Lipinski definition) is 4. The molecule has 3 rings (SSSR count). The van der Waals surface area contributed by atoms with Crippen LogP contribution < -0.4 is 10.6 Å². The smallest absolute Gasteiger partial charge is 0.275 e. The second kappa shape index (κ2) is 7.18. The van der Waals surface area contributed by atoms with Crippen molar-refractivity contribution in [1.29, 1.82) is 0 Å². The Bertz CT molecular complexity index is 870. The minimum atomic E-state index is -0.393. The SMILES string of the molecule is O=C(Nc1ccccc1Br)c1cnc(Nc2ccccc2F)cn1. The summed E-state index contributed by atoms with van der Waals surface area (Å²) in [7, 11) is 0. The molecule has 120 valence electrons. The quantitative estimate of drug-likeness (QED) is 0.698. The summed E-state index contributed by atoms with van der Waals surface area (Å²) in [4.78, 5) is 20.3. The van der Waals surface area contributed by atoms with E-state index < -0.39 is 5.82 Å². The van der Waals surface area contributed by atoms with E-state index in [9.17, 15) is 9.18 Å². The van der Waals surface area contributed by atoms with Crippen LogP contribution in [0.4, 0.5) is 21.6 Å². The predicted octanol–water partition coefficient (Wildman–Crippen LogP) is 4.37. The van der Waals surface area contributed by atoms with E-state index in [2.05, 4.69) is 36.5 Å². The topological polar surface area (TPSA) is 66.9 Å². The molecule has 0 spiro atoms. The Kier molecular flexibility index (Phi) is 4.81. The maximum Gasteiger partial charge on any atom is 0.275 e. The lowest BCUT2D eigenvalue weighted by molar-refractivity contribution is 0.102. The van der Waals surface area contributed by atoms with Gasteiger partial charge in [-0.1, -0.05) is 24.3 Å². The van der Waals surface area contributed by atoms with Crippen molar-refractivity contribution in [3.8, 4) is 0 Å². The lowest BCUT2D eigenvalue weighted by atomic mass is 10.3. The van der Waals surface area contributed by atoms with Crippen LogP contribution in [0.1, 0.15) is 10.5 Å². The van der Waals surface area contributed by atoms with E-state index >= 15 is 0 Å². The molecule has 0 aliphatic carbocycles. The number of nitrogens with zero attached hydrogens (tertiary/aromatic N) is 2. The minimum Gasteiger partial charge on any atom is -0.337 e. The van der Waals surface area contributed by atoms with Gasteiger partial charge in [-0.2, -0.15) is 0 Å².